The van der Waals surface area contributed by atoms with Crippen LogP contribution in [0.4, 0.5) is 11.4 Å². The quantitative estimate of drug-likeness (QED) is 0.158. The van der Waals surface area contributed by atoms with Crippen LogP contribution in [0.3, 0.4) is 0 Å². The second-order valence-corrected chi connectivity index (χ2v) is 8.22. The SMILES string of the molecule is COc1cc(/C=C(/C#N)C(=O)Nc2ccc(Cl)cc2[N+](=O)[O-])ccc1OCc1ccc(Br)cc1. The molecule has 0 unspecified atom stereocenters. The number of amides is 1. The van der Waals surface area contributed by atoms with E-state index in [0.717, 1.165) is 16.1 Å². The van der Waals surface area contributed by atoms with Gasteiger partial charge in [-0.15, -0.1) is 0 Å². The number of anilines is 1. The Morgan fingerprint density at radius 2 is 1.91 bits per heavy atom. The van der Waals surface area contributed by atoms with E-state index in [2.05, 4.69) is 21.2 Å². The molecule has 0 saturated carbocycles. The molecule has 3 rings (SSSR count). The molecule has 3 aromatic carbocycles. The fourth-order valence-corrected chi connectivity index (χ4v) is 3.33. The number of nitro benzene ring substituents is 1. The molecule has 34 heavy (non-hydrogen) atoms. The molecule has 0 spiro atoms. The monoisotopic (exact) mass is 541 g/mol. The van der Waals surface area contributed by atoms with Crippen molar-refractivity contribution in [3.63, 3.8) is 0 Å². The summed E-state index contributed by atoms with van der Waals surface area (Å²) in [7, 11) is 1.48. The Morgan fingerprint density at radius 3 is 2.56 bits per heavy atom. The maximum absolute atomic E-state index is 12.6. The van der Waals surface area contributed by atoms with Crippen LogP contribution < -0.4 is 14.8 Å². The molecule has 0 aliphatic heterocycles. The van der Waals surface area contributed by atoms with Crippen molar-refractivity contribution in [1.82, 2.24) is 0 Å². The zero-order chi connectivity index (χ0) is 24.7. The van der Waals surface area contributed by atoms with Gasteiger partial charge >= 0.3 is 0 Å². The van der Waals surface area contributed by atoms with E-state index in [4.69, 9.17) is 21.1 Å². The first-order chi connectivity index (χ1) is 16.3. The lowest BCUT2D eigenvalue weighted by atomic mass is 10.1. The van der Waals surface area contributed by atoms with Gasteiger partial charge in [0.15, 0.2) is 11.5 Å². The predicted octanol–water partition coefficient (Wildman–Crippen LogP) is 6.14. The number of hydrogen-bond donors (Lipinski definition) is 1. The van der Waals surface area contributed by atoms with E-state index >= 15 is 0 Å². The minimum atomic E-state index is -0.803. The molecule has 0 aliphatic carbocycles. The van der Waals surface area contributed by atoms with Gasteiger partial charge < -0.3 is 14.8 Å². The summed E-state index contributed by atoms with van der Waals surface area (Å²) in [6, 6.07) is 18.3. The van der Waals surface area contributed by atoms with Crippen molar-refractivity contribution < 1.29 is 19.2 Å². The van der Waals surface area contributed by atoms with Crippen LogP contribution in [0.2, 0.25) is 5.02 Å². The number of nitrogens with zero attached hydrogens (tertiary/aromatic N) is 2. The molecule has 0 saturated heterocycles. The first-order valence-electron chi connectivity index (χ1n) is 9.73. The van der Waals surface area contributed by atoms with Crippen molar-refractivity contribution in [2.75, 3.05) is 12.4 Å². The van der Waals surface area contributed by atoms with Crippen LogP contribution >= 0.6 is 27.5 Å². The lowest BCUT2D eigenvalue weighted by Crippen LogP contribution is -2.14. The minimum Gasteiger partial charge on any atom is -0.493 e. The molecule has 1 amide bonds. The fraction of sp³-hybridized carbons (Fsp3) is 0.0833. The number of nitriles is 1. The second kappa shape index (κ2) is 11.3. The van der Waals surface area contributed by atoms with Gasteiger partial charge in [0.05, 0.1) is 12.0 Å². The zero-order valence-electron chi connectivity index (χ0n) is 17.7. The van der Waals surface area contributed by atoms with E-state index in [1.807, 2.05) is 30.3 Å². The molecule has 0 bridgehead atoms. The molecule has 0 atom stereocenters. The van der Waals surface area contributed by atoms with Crippen molar-refractivity contribution in [2.24, 2.45) is 0 Å². The summed E-state index contributed by atoms with van der Waals surface area (Å²) in [4.78, 5) is 23.2. The topological polar surface area (TPSA) is 114 Å². The van der Waals surface area contributed by atoms with Gasteiger partial charge in [0, 0.05) is 15.6 Å². The van der Waals surface area contributed by atoms with E-state index in [1.165, 1.54) is 25.3 Å². The van der Waals surface area contributed by atoms with Gasteiger partial charge in [0.1, 0.15) is 23.9 Å². The molecule has 0 aliphatic rings. The number of nitro groups is 1. The van der Waals surface area contributed by atoms with Crippen molar-refractivity contribution in [3.05, 3.63) is 97.0 Å². The van der Waals surface area contributed by atoms with E-state index in [0.29, 0.717) is 23.7 Å². The highest BCUT2D eigenvalue weighted by molar-refractivity contribution is 9.10. The lowest BCUT2D eigenvalue weighted by molar-refractivity contribution is -0.383. The standard InChI is InChI=1S/C24H17BrClN3O5/c1-33-23-11-16(4-9-22(23)34-14-15-2-5-18(25)6-3-15)10-17(13-27)24(30)28-20-8-7-19(26)12-21(20)29(31)32/h2-12H,14H2,1H3,(H,28,30)/b17-10-. The van der Waals surface area contributed by atoms with Crippen LogP contribution in [0.5, 0.6) is 11.5 Å². The number of ether oxygens (including phenoxy) is 2. The largest absolute Gasteiger partial charge is 0.493 e. The molecule has 3 aromatic rings. The van der Waals surface area contributed by atoms with Gasteiger partial charge in [0.25, 0.3) is 11.6 Å². The third kappa shape index (κ3) is 6.34. The van der Waals surface area contributed by atoms with Crippen LogP contribution in [0.25, 0.3) is 6.08 Å². The number of hydrogen-bond acceptors (Lipinski definition) is 6. The summed E-state index contributed by atoms with van der Waals surface area (Å²) >= 11 is 9.18. The smallest absolute Gasteiger partial charge is 0.294 e. The summed E-state index contributed by atoms with van der Waals surface area (Å²) in [6.07, 6.45) is 1.35. The van der Waals surface area contributed by atoms with Crippen molar-refractivity contribution >= 4 is 50.9 Å². The molecule has 0 radical (unpaired) electrons. The molecule has 0 fully saturated rings. The Balaban J connectivity index is 1.79. The Hall–Kier alpha value is -3.87. The number of carbonyl (C=O) groups excluding carboxylic acids is 1. The second-order valence-electron chi connectivity index (χ2n) is 6.87. The van der Waals surface area contributed by atoms with Gasteiger partial charge in [0.2, 0.25) is 0 Å². The molecule has 10 heteroatoms. The number of rotatable bonds is 8. The molecular formula is C24H17BrClN3O5. The highest BCUT2D eigenvalue weighted by atomic mass is 79.9. The normalized spacial score (nSPS) is 10.8. The van der Waals surface area contributed by atoms with Crippen LogP contribution in [0.1, 0.15) is 11.1 Å². The average molecular weight is 543 g/mol. The van der Waals surface area contributed by atoms with E-state index in [1.54, 1.807) is 18.2 Å². The minimum absolute atomic E-state index is 0.0742. The Bertz CT molecular complexity index is 1300. The van der Waals surface area contributed by atoms with E-state index in [9.17, 15) is 20.2 Å². The van der Waals surface area contributed by atoms with Crippen molar-refractivity contribution in [3.8, 4) is 17.6 Å². The zero-order valence-corrected chi connectivity index (χ0v) is 20.1. The van der Waals surface area contributed by atoms with Crippen molar-refractivity contribution in [1.29, 1.82) is 5.26 Å². The number of methoxy groups -OCH3 is 1. The first-order valence-corrected chi connectivity index (χ1v) is 10.9. The molecule has 0 heterocycles. The van der Waals surface area contributed by atoms with E-state index in [-0.39, 0.29) is 22.0 Å². The Labute approximate surface area is 208 Å². The molecule has 172 valence electrons. The summed E-state index contributed by atoms with van der Waals surface area (Å²) in [5.41, 5.74) is 0.760. The number of halogens is 2. The number of nitrogens with one attached hydrogen (secondary N) is 1. The summed E-state index contributed by atoms with van der Waals surface area (Å²) in [5.74, 6) is 0.0988. The van der Waals surface area contributed by atoms with Crippen LogP contribution in [-0.4, -0.2) is 17.9 Å². The summed E-state index contributed by atoms with van der Waals surface area (Å²) in [6.45, 7) is 0.324. The molecule has 8 nitrogen and oxygen atoms in total. The van der Waals surface area contributed by atoms with Crippen LogP contribution in [0.15, 0.2) is 70.7 Å². The molecular weight excluding hydrogens is 526 g/mol. The average Bonchev–Trinajstić information content (AvgIpc) is 2.83. The third-order valence-corrected chi connectivity index (χ3v) is 5.34. The van der Waals surface area contributed by atoms with Crippen LogP contribution in [-0.2, 0) is 11.4 Å². The highest BCUT2D eigenvalue weighted by Crippen LogP contribution is 2.31. The molecule has 0 aromatic heterocycles. The lowest BCUT2D eigenvalue weighted by Gasteiger charge is -2.12. The number of carbonyl (C=O) groups is 1. The third-order valence-electron chi connectivity index (χ3n) is 4.58. The first kappa shape index (κ1) is 24.8. The highest BCUT2D eigenvalue weighted by Gasteiger charge is 2.19. The van der Waals surface area contributed by atoms with Gasteiger partial charge in [-0.1, -0.05) is 45.7 Å². The van der Waals surface area contributed by atoms with Gasteiger partial charge in [-0.2, -0.15) is 5.26 Å². The molecule has 1 N–H and O–H groups in total. The summed E-state index contributed by atoms with van der Waals surface area (Å²) in [5, 5.41) is 23.2. The maximum Gasteiger partial charge on any atom is 0.294 e. The maximum atomic E-state index is 12.6. The van der Waals surface area contributed by atoms with Crippen LogP contribution in [0, 0.1) is 21.4 Å². The van der Waals surface area contributed by atoms with E-state index < -0.39 is 10.8 Å². The van der Waals surface area contributed by atoms with Gasteiger partial charge in [-0.05, 0) is 53.6 Å². The predicted molar refractivity (Wildman–Crippen MR) is 132 cm³/mol. The summed E-state index contributed by atoms with van der Waals surface area (Å²) < 4.78 is 12.2. The van der Waals surface area contributed by atoms with Crippen molar-refractivity contribution in [2.45, 2.75) is 6.61 Å². The fourth-order valence-electron chi connectivity index (χ4n) is 2.90. The van der Waals surface area contributed by atoms with Gasteiger partial charge in [-0.25, -0.2) is 0 Å². The Morgan fingerprint density at radius 1 is 1.18 bits per heavy atom. The van der Waals surface area contributed by atoms with Gasteiger partial charge in [-0.3, -0.25) is 14.9 Å². The number of benzene rings is 3. The Kier molecular flexibility index (Phi) is 8.24.